The van der Waals surface area contributed by atoms with Crippen molar-refractivity contribution in [2.45, 2.75) is 6.23 Å². The van der Waals surface area contributed by atoms with Gasteiger partial charge < -0.3 is 14.9 Å². The van der Waals surface area contributed by atoms with Crippen molar-refractivity contribution in [3.63, 3.8) is 0 Å². The molecule has 2 aliphatic rings. The van der Waals surface area contributed by atoms with E-state index in [0.29, 0.717) is 17.7 Å². The summed E-state index contributed by atoms with van der Waals surface area (Å²) in [4.78, 5) is 18.8. The van der Waals surface area contributed by atoms with Crippen LogP contribution in [0, 0.1) is 5.82 Å². The molecule has 1 amide bonds. The molecule has 1 fully saturated rings. The van der Waals surface area contributed by atoms with Crippen LogP contribution in [0.4, 0.5) is 10.1 Å². The van der Waals surface area contributed by atoms with Crippen LogP contribution in [0.3, 0.4) is 0 Å². The normalized spacial score (nSPS) is 19.9. The van der Waals surface area contributed by atoms with E-state index in [1.54, 1.807) is 28.4 Å². The van der Waals surface area contributed by atoms with Crippen LogP contribution in [0.15, 0.2) is 47.8 Å². The van der Waals surface area contributed by atoms with Gasteiger partial charge >= 0.3 is 0 Å². The molecular weight excluding hydrogens is 389 g/mol. The van der Waals surface area contributed by atoms with Crippen LogP contribution < -0.4 is 4.90 Å². The number of anilines is 1. The molecule has 150 valence electrons. The van der Waals surface area contributed by atoms with Crippen LogP contribution in [-0.4, -0.2) is 60.1 Å². The lowest BCUT2D eigenvalue weighted by atomic mass is 10.1. The Kier molecular flexibility index (Phi) is 4.73. The van der Waals surface area contributed by atoms with Crippen molar-refractivity contribution >= 4 is 33.0 Å². The van der Waals surface area contributed by atoms with E-state index in [1.165, 1.54) is 11.8 Å². The molecule has 1 unspecified atom stereocenters. The Morgan fingerprint density at radius 2 is 1.86 bits per heavy atom. The Hall–Kier alpha value is -2.48. The van der Waals surface area contributed by atoms with Crippen molar-refractivity contribution in [2.24, 2.45) is 0 Å². The molecule has 0 radical (unpaired) electrons. The summed E-state index contributed by atoms with van der Waals surface area (Å²) in [5.41, 5.74) is 2.47. The number of aliphatic hydroxyl groups excluding tert-OH is 1. The summed E-state index contributed by atoms with van der Waals surface area (Å²) in [6.45, 7) is 4.81. The topological polar surface area (TPSA) is 47.0 Å². The van der Waals surface area contributed by atoms with Crippen LogP contribution in [0.2, 0.25) is 0 Å². The van der Waals surface area contributed by atoms with E-state index < -0.39 is 6.23 Å². The highest BCUT2D eigenvalue weighted by molar-refractivity contribution is 7.17. The predicted molar refractivity (Wildman–Crippen MR) is 113 cm³/mol. The average Bonchev–Trinajstić information content (AvgIpc) is 3.26. The molecule has 3 heterocycles. The highest BCUT2D eigenvalue weighted by Gasteiger charge is 2.35. The number of thiophene rings is 1. The quantitative estimate of drug-likeness (QED) is 0.716. The number of hydrogen-bond donors (Lipinski definition) is 1. The maximum absolute atomic E-state index is 13.4. The molecule has 0 saturated carbocycles. The van der Waals surface area contributed by atoms with Crippen molar-refractivity contribution in [2.75, 3.05) is 44.2 Å². The lowest BCUT2D eigenvalue weighted by molar-refractivity contribution is 0.0134. The third-order valence-electron chi connectivity index (χ3n) is 5.91. The number of piperazine rings is 1. The zero-order chi connectivity index (χ0) is 20.0. The van der Waals surface area contributed by atoms with E-state index in [4.69, 9.17) is 0 Å². The summed E-state index contributed by atoms with van der Waals surface area (Å²) in [5.74, 6) is -0.291. The molecule has 2 aliphatic heterocycles. The van der Waals surface area contributed by atoms with E-state index in [2.05, 4.69) is 15.2 Å². The van der Waals surface area contributed by atoms with Gasteiger partial charge in [-0.15, -0.1) is 11.3 Å². The monoisotopic (exact) mass is 411 g/mol. The number of amides is 1. The molecule has 5 rings (SSSR count). The number of halogens is 1. The van der Waals surface area contributed by atoms with Crippen LogP contribution in [-0.2, 0) is 0 Å². The van der Waals surface area contributed by atoms with E-state index in [9.17, 15) is 14.3 Å². The molecule has 7 heteroatoms. The molecule has 0 aliphatic carbocycles. The van der Waals surface area contributed by atoms with Crippen molar-refractivity contribution in [1.82, 2.24) is 9.80 Å². The van der Waals surface area contributed by atoms with Gasteiger partial charge in [0.1, 0.15) is 5.82 Å². The summed E-state index contributed by atoms with van der Waals surface area (Å²) in [6, 6.07) is 12.2. The lowest BCUT2D eigenvalue weighted by Crippen LogP contribution is -2.48. The minimum atomic E-state index is -0.849. The smallest absolute Gasteiger partial charge is 0.256 e. The van der Waals surface area contributed by atoms with Gasteiger partial charge in [0.2, 0.25) is 0 Å². The fraction of sp³-hybridized carbons (Fsp3) is 0.318. The Morgan fingerprint density at radius 3 is 2.66 bits per heavy atom. The molecule has 1 saturated heterocycles. The van der Waals surface area contributed by atoms with Gasteiger partial charge in [-0.25, -0.2) is 4.39 Å². The number of nitrogens with zero attached hydrogens (tertiary/aromatic N) is 3. The first-order valence-corrected chi connectivity index (χ1v) is 10.7. The zero-order valence-corrected chi connectivity index (χ0v) is 16.7. The number of hydrogen-bond acceptors (Lipinski definition) is 5. The molecule has 0 spiro atoms. The first-order valence-electron chi connectivity index (χ1n) is 9.84. The third-order valence-corrected chi connectivity index (χ3v) is 6.85. The molecule has 29 heavy (non-hydrogen) atoms. The SMILES string of the molecule is O=C1c2ccccc2C(O)N1CCN1CCN(c2csc3cc(F)ccc23)CC1. The second-order valence-corrected chi connectivity index (χ2v) is 8.46. The van der Waals surface area contributed by atoms with Gasteiger partial charge in [-0.3, -0.25) is 9.69 Å². The summed E-state index contributed by atoms with van der Waals surface area (Å²) in [6.07, 6.45) is -0.849. The first kappa shape index (κ1) is 18.5. The van der Waals surface area contributed by atoms with Crippen molar-refractivity contribution in [3.05, 3.63) is 64.8 Å². The minimum absolute atomic E-state index is 0.0938. The maximum Gasteiger partial charge on any atom is 0.256 e. The zero-order valence-electron chi connectivity index (χ0n) is 15.9. The molecular formula is C22H22FN3O2S. The molecule has 5 nitrogen and oxygen atoms in total. The van der Waals surface area contributed by atoms with Crippen molar-refractivity contribution in [3.8, 4) is 0 Å². The summed E-state index contributed by atoms with van der Waals surface area (Å²) in [7, 11) is 0. The van der Waals surface area contributed by atoms with Crippen molar-refractivity contribution in [1.29, 1.82) is 0 Å². The Bertz CT molecular complexity index is 1060. The van der Waals surface area contributed by atoms with Gasteiger partial charge in [0.05, 0.1) is 5.69 Å². The number of fused-ring (bicyclic) bond motifs is 2. The van der Waals surface area contributed by atoms with Crippen LogP contribution in [0.1, 0.15) is 22.1 Å². The third kappa shape index (κ3) is 3.29. The molecule has 3 aromatic rings. The van der Waals surface area contributed by atoms with Crippen LogP contribution >= 0.6 is 11.3 Å². The molecule has 1 aromatic heterocycles. The molecule has 2 aromatic carbocycles. The number of carbonyl (C=O) groups excluding carboxylic acids is 1. The van der Waals surface area contributed by atoms with E-state index >= 15 is 0 Å². The Labute approximate surface area is 172 Å². The van der Waals surface area contributed by atoms with Gasteiger partial charge in [0.15, 0.2) is 6.23 Å². The average molecular weight is 412 g/mol. The van der Waals surface area contributed by atoms with Gasteiger partial charge in [0.25, 0.3) is 5.91 Å². The van der Waals surface area contributed by atoms with Gasteiger partial charge in [-0.2, -0.15) is 0 Å². The maximum atomic E-state index is 13.4. The van der Waals surface area contributed by atoms with Crippen LogP contribution in [0.5, 0.6) is 0 Å². The van der Waals surface area contributed by atoms with E-state index in [-0.39, 0.29) is 11.7 Å². The van der Waals surface area contributed by atoms with Gasteiger partial charge in [-0.05, 0) is 24.3 Å². The van der Waals surface area contributed by atoms with Gasteiger partial charge in [0, 0.05) is 65.9 Å². The lowest BCUT2D eigenvalue weighted by Gasteiger charge is -2.36. The highest BCUT2D eigenvalue weighted by atomic mass is 32.1. The Morgan fingerprint density at radius 1 is 1.07 bits per heavy atom. The van der Waals surface area contributed by atoms with E-state index in [1.807, 2.05) is 24.3 Å². The first-order chi connectivity index (χ1) is 14.1. The standard InChI is InChI=1S/C22H22FN3O2S/c23-15-5-6-18-19(14-29-20(18)13-15)25-10-7-24(8-11-25)9-12-26-21(27)16-3-1-2-4-17(16)22(26)28/h1-6,13-14,21,27H,7-12H2. The molecule has 1 N–H and O–H groups in total. The Balaban J connectivity index is 1.19. The second kappa shape index (κ2) is 7.40. The summed E-state index contributed by atoms with van der Waals surface area (Å²) in [5, 5.41) is 13.7. The molecule has 1 atom stereocenters. The highest BCUT2D eigenvalue weighted by Crippen LogP contribution is 2.34. The summed E-state index contributed by atoms with van der Waals surface area (Å²) < 4.78 is 14.4. The van der Waals surface area contributed by atoms with Gasteiger partial charge in [-0.1, -0.05) is 18.2 Å². The minimum Gasteiger partial charge on any atom is -0.369 e. The number of carbonyl (C=O) groups is 1. The fourth-order valence-corrected chi connectivity index (χ4v) is 5.26. The van der Waals surface area contributed by atoms with Crippen molar-refractivity contribution < 1.29 is 14.3 Å². The van der Waals surface area contributed by atoms with Crippen LogP contribution in [0.25, 0.3) is 10.1 Å². The molecule has 0 bridgehead atoms. The second-order valence-electron chi connectivity index (χ2n) is 7.55. The predicted octanol–water partition coefficient (Wildman–Crippen LogP) is 3.31. The largest absolute Gasteiger partial charge is 0.369 e. The number of aliphatic hydroxyl groups is 1. The summed E-state index contributed by atoms with van der Waals surface area (Å²) >= 11 is 1.58. The number of benzene rings is 2. The number of rotatable bonds is 4. The fourth-order valence-electron chi connectivity index (χ4n) is 4.27. The van der Waals surface area contributed by atoms with E-state index in [0.717, 1.165) is 42.8 Å².